The zero-order valence-electron chi connectivity index (χ0n) is 9.09. The smallest absolute Gasteiger partial charge is 0.149 e. The van der Waals surface area contributed by atoms with Crippen LogP contribution in [0.4, 0.5) is 0 Å². The number of aliphatic hydroxyl groups excluding tert-OH is 1. The third kappa shape index (κ3) is 2.60. The van der Waals surface area contributed by atoms with Gasteiger partial charge in [-0.15, -0.1) is 17.3 Å². The van der Waals surface area contributed by atoms with Gasteiger partial charge in [-0.3, -0.25) is 0 Å². The summed E-state index contributed by atoms with van der Waals surface area (Å²) in [5, 5.41) is 9.64. The van der Waals surface area contributed by atoms with E-state index in [1.54, 1.807) is 18.3 Å². The van der Waals surface area contributed by atoms with E-state index < -0.39 is 6.10 Å². The summed E-state index contributed by atoms with van der Waals surface area (Å²) in [4.78, 5) is 2.22. The first-order valence-corrected chi connectivity index (χ1v) is 5.47. The molecule has 1 atom stereocenters. The van der Waals surface area contributed by atoms with Crippen molar-refractivity contribution in [1.82, 2.24) is 0 Å². The Balaban J connectivity index is 2.92. The molecule has 0 aromatic carbocycles. The molecule has 1 N–H and O–H groups in total. The van der Waals surface area contributed by atoms with Crippen LogP contribution < -0.4 is 0 Å². The first-order chi connectivity index (χ1) is 6.45. The molecule has 0 spiro atoms. The largest absolute Gasteiger partial charge is 0.375 e. The third-order valence-electron chi connectivity index (χ3n) is 1.92. The van der Waals surface area contributed by atoms with Gasteiger partial charge in [-0.2, -0.15) is 0 Å². The van der Waals surface area contributed by atoms with Crippen molar-refractivity contribution >= 4 is 11.3 Å². The third-order valence-corrected chi connectivity index (χ3v) is 3.48. The number of hydrogen-bond acceptors (Lipinski definition) is 2. The molecular weight excluding hydrogens is 192 g/mol. The van der Waals surface area contributed by atoms with E-state index in [1.165, 1.54) is 4.88 Å². The normalized spacial score (nSPS) is 13.2. The second kappa shape index (κ2) is 4.16. The van der Waals surface area contributed by atoms with Gasteiger partial charge in [-0.05, 0) is 24.5 Å². The predicted octanol–water partition coefficient (Wildman–Crippen LogP) is 3.10. The summed E-state index contributed by atoms with van der Waals surface area (Å²) in [6.07, 6.45) is -0.624. The minimum absolute atomic E-state index is 0.155. The Morgan fingerprint density at radius 2 is 2.00 bits per heavy atom. The summed E-state index contributed by atoms with van der Waals surface area (Å²) >= 11 is 1.64. The van der Waals surface area contributed by atoms with E-state index in [-0.39, 0.29) is 5.41 Å². The lowest BCUT2D eigenvalue weighted by Gasteiger charge is -2.15. The highest BCUT2D eigenvalue weighted by Gasteiger charge is 2.17. The van der Waals surface area contributed by atoms with E-state index in [2.05, 4.69) is 38.7 Å². The molecule has 0 radical (unpaired) electrons. The van der Waals surface area contributed by atoms with Crippen molar-refractivity contribution in [3.05, 3.63) is 21.9 Å². The highest BCUT2D eigenvalue weighted by atomic mass is 32.1. The molecule has 1 nitrogen and oxygen atoms in total. The molecule has 1 heterocycles. The average molecular weight is 208 g/mol. The van der Waals surface area contributed by atoms with Gasteiger partial charge < -0.3 is 5.11 Å². The van der Waals surface area contributed by atoms with Gasteiger partial charge >= 0.3 is 0 Å². The van der Waals surface area contributed by atoms with E-state index in [1.807, 2.05) is 6.07 Å². The molecule has 0 aliphatic rings. The molecule has 0 fully saturated rings. The van der Waals surface area contributed by atoms with Gasteiger partial charge in [0.05, 0.1) is 0 Å². The molecule has 0 saturated carbocycles. The van der Waals surface area contributed by atoms with Gasteiger partial charge in [-0.25, -0.2) is 0 Å². The van der Waals surface area contributed by atoms with Gasteiger partial charge in [0.2, 0.25) is 0 Å². The van der Waals surface area contributed by atoms with Crippen LogP contribution in [0.5, 0.6) is 0 Å². The summed E-state index contributed by atoms with van der Waals surface area (Å²) in [6.45, 7) is 8.24. The molecule has 2 heteroatoms. The fraction of sp³-hybridized carbons (Fsp3) is 0.500. The van der Waals surface area contributed by atoms with Crippen LogP contribution in [0.25, 0.3) is 0 Å². The monoisotopic (exact) mass is 208 g/mol. The summed E-state index contributed by atoms with van der Waals surface area (Å²) in [7, 11) is 0. The lowest BCUT2D eigenvalue weighted by atomic mass is 9.95. The summed E-state index contributed by atoms with van der Waals surface area (Å²) in [6, 6.07) is 4.03. The van der Waals surface area contributed by atoms with Crippen molar-refractivity contribution in [1.29, 1.82) is 0 Å². The Kier molecular flexibility index (Phi) is 3.36. The predicted molar refractivity (Wildman–Crippen MR) is 61.4 cm³/mol. The summed E-state index contributed by atoms with van der Waals surface area (Å²) in [5.41, 5.74) is 0.155. The Labute approximate surface area is 89.8 Å². The molecule has 0 aliphatic heterocycles. The zero-order chi connectivity index (χ0) is 10.8. The molecule has 76 valence electrons. The fourth-order valence-electron chi connectivity index (χ4n) is 1.11. The van der Waals surface area contributed by atoms with Crippen LogP contribution in [-0.2, 0) is 5.41 Å². The molecule has 0 saturated heterocycles. The van der Waals surface area contributed by atoms with Crippen LogP contribution in [-0.4, -0.2) is 5.11 Å². The number of rotatable bonds is 1. The summed E-state index contributed by atoms with van der Waals surface area (Å²) < 4.78 is 0. The Bertz CT molecular complexity index is 360. The molecule has 1 aromatic rings. The van der Waals surface area contributed by atoms with Crippen LogP contribution in [0.3, 0.4) is 0 Å². The first-order valence-electron chi connectivity index (χ1n) is 4.65. The van der Waals surface area contributed by atoms with Crippen molar-refractivity contribution in [2.24, 2.45) is 0 Å². The van der Waals surface area contributed by atoms with Crippen molar-refractivity contribution in [3.8, 4) is 11.8 Å². The Morgan fingerprint density at radius 1 is 1.36 bits per heavy atom. The maximum absolute atomic E-state index is 9.64. The minimum atomic E-state index is -0.624. The number of hydrogen-bond donors (Lipinski definition) is 1. The molecule has 1 rings (SSSR count). The topological polar surface area (TPSA) is 20.2 Å². The van der Waals surface area contributed by atoms with E-state index in [4.69, 9.17) is 0 Å². The second-order valence-electron chi connectivity index (χ2n) is 4.25. The lowest BCUT2D eigenvalue weighted by Crippen LogP contribution is -2.07. The Hall–Kier alpha value is -0.780. The van der Waals surface area contributed by atoms with E-state index in [0.717, 1.165) is 4.88 Å². The van der Waals surface area contributed by atoms with E-state index in [9.17, 15) is 5.11 Å². The van der Waals surface area contributed by atoms with Gasteiger partial charge in [0, 0.05) is 9.75 Å². The molecule has 1 unspecified atom stereocenters. The van der Waals surface area contributed by atoms with Crippen LogP contribution in [0.1, 0.15) is 43.6 Å². The van der Waals surface area contributed by atoms with Crippen molar-refractivity contribution in [3.63, 3.8) is 0 Å². The van der Waals surface area contributed by atoms with Gasteiger partial charge in [0.1, 0.15) is 6.10 Å². The van der Waals surface area contributed by atoms with Gasteiger partial charge in [0.15, 0.2) is 0 Å². The highest BCUT2D eigenvalue weighted by molar-refractivity contribution is 7.12. The van der Waals surface area contributed by atoms with E-state index >= 15 is 0 Å². The first kappa shape index (κ1) is 11.3. The lowest BCUT2D eigenvalue weighted by molar-refractivity contribution is 0.242. The van der Waals surface area contributed by atoms with Crippen molar-refractivity contribution in [2.45, 2.75) is 39.2 Å². The van der Waals surface area contributed by atoms with Gasteiger partial charge in [0.25, 0.3) is 0 Å². The van der Waals surface area contributed by atoms with E-state index in [0.29, 0.717) is 0 Å². The molecule has 0 aliphatic carbocycles. The maximum Gasteiger partial charge on any atom is 0.149 e. The molecule has 0 amide bonds. The highest BCUT2D eigenvalue weighted by Crippen LogP contribution is 2.31. The van der Waals surface area contributed by atoms with Crippen molar-refractivity contribution in [2.75, 3.05) is 0 Å². The number of aliphatic hydroxyl groups is 1. The van der Waals surface area contributed by atoms with Gasteiger partial charge in [-0.1, -0.05) is 26.7 Å². The maximum atomic E-state index is 9.64. The second-order valence-corrected chi connectivity index (χ2v) is 5.36. The summed E-state index contributed by atoms with van der Waals surface area (Å²) in [5.74, 6) is 5.46. The Morgan fingerprint density at radius 3 is 2.43 bits per heavy atom. The van der Waals surface area contributed by atoms with Crippen LogP contribution in [0, 0.1) is 11.8 Å². The zero-order valence-corrected chi connectivity index (χ0v) is 9.90. The molecule has 1 aromatic heterocycles. The minimum Gasteiger partial charge on any atom is -0.375 e. The van der Waals surface area contributed by atoms with Crippen LogP contribution in [0.2, 0.25) is 0 Å². The molecule has 14 heavy (non-hydrogen) atoms. The standard InChI is InChI=1S/C12H16OS/c1-5-6-9(13)10-7-8-11(14-10)12(2,3)4/h7-9,13H,1-4H3. The van der Waals surface area contributed by atoms with Crippen LogP contribution >= 0.6 is 11.3 Å². The molecule has 0 bridgehead atoms. The fourth-order valence-corrected chi connectivity index (χ4v) is 2.11. The quantitative estimate of drug-likeness (QED) is 0.703. The SMILES string of the molecule is CC#CC(O)c1ccc(C(C)(C)C)s1. The molecular formula is C12H16OS. The van der Waals surface area contributed by atoms with Crippen LogP contribution in [0.15, 0.2) is 12.1 Å². The average Bonchev–Trinajstić information content (AvgIpc) is 2.51. The number of thiophene rings is 1. The van der Waals surface area contributed by atoms with Crippen molar-refractivity contribution < 1.29 is 5.11 Å².